The van der Waals surface area contributed by atoms with Gasteiger partial charge in [0, 0.05) is 19.3 Å². The number of ether oxygens (including phenoxy) is 5. The van der Waals surface area contributed by atoms with Crippen LogP contribution in [0.1, 0.15) is 213 Å². The first-order valence-corrected chi connectivity index (χ1v) is 28.2. The Morgan fingerprint density at radius 3 is 1.42 bits per heavy atom. The predicted molar refractivity (Wildman–Crippen MR) is 294 cm³/mol. The first-order chi connectivity index (χ1) is 35.6. The first-order valence-electron chi connectivity index (χ1n) is 28.2. The van der Waals surface area contributed by atoms with E-state index in [9.17, 15) is 34.5 Å². The average molecular weight is 1020 g/mol. The molecule has 0 aromatic rings. The van der Waals surface area contributed by atoms with Gasteiger partial charge >= 0.3 is 23.9 Å². The van der Waals surface area contributed by atoms with E-state index >= 15 is 0 Å². The molecular formula is C61H98O12. The number of carbonyl (C=O) groups excluding carboxylic acids is 3. The van der Waals surface area contributed by atoms with Gasteiger partial charge in [-0.05, 0) is 109 Å². The molecule has 0 saturated carbocycles. The number of aliphatic hydroxyl groups excluding tert-OH is 2. The highest BCUT2D eigenvalue weighted by Crippen LogP contribution is 2.26. The van der Waals surface area contributed by atoms with E-state index in [1.807, 2.05) is 12.2 Å². The molecule has 1 aliphatic rings. The summed E-state index contributed by atoms with van der Waals surface area (Å²) in [5, 5.41) is 31.4. The van der Waals surface area contributed by atoms with Gasteiger partial charge in [0.15, 0.2) is 24.6 Å². The van der Waals surface area contributed by atoms with Gasteiger partial charge in [-0.1, -0.05) is 182 Å². The van der Waals surface area contributed by atoms with Gasteiger partial charge in [0.1, 0.15) is 18.8 Å². The quantitative estimate of drug-likeness (QED) is 0.0228. The maximum atomic E-state index is 13.1. The number of carboxylic acid groups (broad SMARTS) is 1. The zero-order chi connectivity index (χ0) is 53.3. The van der Waals surface area contributed by atoms with Crippen molar-refractivity contribution in [2.45, 2.75) is 250 Å². The van der Waals surface area contributed by atoms with Crippen molar-refractivity contribution in [3.8, 4) is 0 Å². The first kappa shape index (κ1) is 66.7. The minimum Gasteiger partial charge on any atom is -0.479 e. The highest BCUT2D eigenvalue weighted by molar-refractivity contribution is 5.74. The minimum absolute atomic E-state index is 0.0241. The molecule has 0 aromatic heterocycles. The molecule has 0 bridgehead atoms. The Kier molecular flexibility index (Phi) is 44.4. The van der Waals surface area contributed by atoms with Crippen LogP contribution in [0.3, 0.4) is 0 Å². The van der Waals surface area contributed by atoms with Crippen molar-refractivity contribution in [2.24, 2.45) is 0 Å². The molecule has 0 aromatic carbocycles. The molecule has 0 spiro atoms. The van der Waals surface area contributed by atoms with Crippen LogP contribution < -0.4 is 0 Å². The monoisotopic (exact) mass is 1020 g/mol. The number of carbonyl (C=O) groups is 4. The zero-order valence-electron chi connectivity index (χ0n) is 45.3. The van der Waals surface area contributed by atoms with Crippen molar-refractivity contribution in [2.75, 3.05) is 13.2 Å². The molecule has 1 aliphatic heterocycles. The number of allylic oxidation sites excluding steroid dienone is 16. The van der Waals surface area contributed by atoms with Crippen LogP contribution in [-0.2, 0) is 42.9 Å². The summed E-state index contributed by atoms with van der Waals surface area (Å²) in [5.74, 6) is -3.24. The number of aliphatic carboxylic acids is 1. The smallest absolute Gasteiger partial charge is 0.335 e. The molecule has 6 atom stereocenters. The maximum Gasteiger partial charge on any atom is 0.335 e. The van der Waals surface area contributed by atoms with Crippen molar-refractivity contribution in [3.63, 3.8) is 0 Å². The Morgan fingerprint density at radius 1 is 0.466 bits per heavy atom. The summed E-state index contributed by atoms with van der Waals surface area (Å²) in [6.07, 6.45) is 51.0. The van der Waals surface area contributed by atoms with E-state index in [-0.39, 0.29) is 25.9 Å². The van der Waals surface area contributed by atoms with Gasteiger partial charge in [-0.15, -0.1) is 0 Å². The Balaban J connectivity index is 2.76. The lowest BCUT2D eigenvalue weighted by molar-refractivity contribution is -0.301. The number of esters is 3. The fourth-order valence-corrected chi connectivity index (χ4v) is 7.79. The average Bonchev–Trinajstić information content (AvgIpc) is 3.37. The van der Waals surface area contributed by atoms with Crippen molar-refractivity contribution in [3.05, 3.63) is 97.2 Å². The van der Waals surface area contributed by atoms with Gasteiger partial charge in [0.25, 0.3) is 0 Å². The van der Waals surface area contributed by atoms with Crippen LogP contribution in [0.4, 0.5) is 0 Å². The topological polar surface area (TPSA) is 175 Å². The molecule has 1 rings (SSSR count). The predicted octanol–water partition coefficient (Wildman–Crippen LogP) is 14.1. The van der Waals surface area contributed by atoms with E-state index in [0.717, 1.165) is 122 Å². The third-order valence-electron chi connectivity index (χ3n) is 12.1. The van der Waals surface area contributed by atoms with E-state index in [1.165, 1.54) is 25.7 Å². The summed E-state index contributed by atoms with van der Waals surface area (Å²) < 4.78 is 28.3. The number of aliphatic hydroxyl groups is 2. The van der Waals surface area contributed by atoms with Gasteiger partial charge in [-0.3, -0.25) is 14.4 Å². The lowest BCUT2D eigenvalue weighted by Crippen LogP contribution is -2.61. The summed E-state index contributed by atoms with van der Waals surface area (Å²) in [6, 6.07) is 0. The molecule has 12 nitrogen and oxygen atoms in total. The van der Waals surface area contributed by atoms with Gasteiger partial charge < -0.3 is 39.0 Å². The lowest BCUT2D eigenvalue weighted by atomic mass is 9.98. The van der Waals surface area contributed by atoms with Gasteiger partial charge in [0.2, 0.25) is 0 Å². The molecule has 1 saturated heterocycles. The van der Waals surface area contributed by atoms with E-state index in [4.69, 9.17) is 23.7 Å². The second kappa shape index (κ2) is 48.6. The fourth-order valence-electron chi connectivity index (χ4n) is 7.79. The molecule has 6 unspecified atom stereocenters. The summed E-state index contributed by atoms with van der Waals surface area (Å²) in [5.41, 5.74) is 0. The van der Waals surface area contributed by atoms with Crippen molar-refractivity contribution in [1.82, 2.24) is 0 Å². The third-order valence-corrected chi connectivity index (χ3v) is 12.1. The summed E-state index contributed by atoms with van der Waals surface area (Å²) in [6.45, 7) is 5.73. The molecular weight excluding hydrogens is 925 g/mol. The van der Waals surface area contributed by atoms with Crippen LogP contribution in [0.5, 0.6) is 0 Å². The Labute approximate surface area is 441 Å². The van der Waals surface area contributed by atoms with E-state index < -0.39 is 67.3 Å². The van der Waals surface area contributed by atoms with Crippen LogP contribution in [0.15, 0.2) is 97.2 Å². The van der Waals surface area contributed by atoms with Crippen LogP contribution in [0.25, 0.3) is 0 Å². The van der Waals surface area contributed by atoms with Crippen LogP contribution in [0, 0.1) is 0 Å². The molecule has 3 N–H and O–H groups in total. The normalized spacial score (nSPS) is 19.1. The molecule has 0 aliphatic carbocycles. The molecule has 414 valence electrons. The van der Waals surface area contributed by atoms with Crippen molar-refractivity contribution in [1.29, 1.82) is 0 Å². The van der Waals surface area contributed by atoms with Crippen molar-refractivity contribution >= 4 is 23.9 Å². The maximum absolute atomic E-state index is 13.1. The Hall–Kier alpha value is -4.36. The van der Waals surface area contributed by atoms with Crippen LogP contribution in [-0.4, -0.2) is 89.2 Å². The number of unbranched alkanes of at least 4 members (excludes halogenated alkanes) is 16. The van der Waals surface area contributed by atoms with E-state index in [0.29, 0.717) is 25.7 Å². The van der Waals surface area contributed by atoms with Gasteiger partial charge in [0.05, 0.1) is 6.61 Å². The lowest BCUT2D eigenvalue weighted by Gasteiger charge is -2.40. The second-order valence-electron chi connectivity index (χ2n) is 18.8. The third kappa shape index (κ3) is 38.8. The molecule has 0 radical (unpaired) electrons. The molecule has 1 heterocycles. The van der Waals surface area contributed by atoms with Crippen LogP contribution in [0.2, 0.25) is 0 Å². The number of rotatable bonds is 46. The number of carboxylic acids is 1. The summed E-state index contributed by atoms with van der Waals surface area (Å²) in [4.78, 5) is 51.0. The van der Waals surface area contributed by atoms with Gasteiger partial charge in [-0.2, -0.15) is 0 Å². The highest BCUT2D eigenvalue weighted by atomic mass is 16.7. The van der Waals surface area contributed by atoms with Crippen LogP contribution >= 0.6 is 0 Å². The number of hydrogen-bond donors (Lipinski definition) is 3. The zero-order valence-corrected chi connectivity index (χ0v) is 45.3. The molecule has 1 fully saturated rings. The van der Waals surface area contributed by atoms with E-state index in [2.05, 4.69) is 106 Å². The largest absolute Gasteiger partial charge is 0.479 e. The fraction of sp³-hybridized carbons (Fsp3) is 0.672. The summed E-state index contributed by atoms with van der Waals surface area (Å²) >= 11 is 0. The highest BCUT2D eigenvalue weighted by Gasteiger charge is 2.50. The SMILES string of the molecule is CC/C=C\C/C=C\C/C=C\C/C=C\C/C=C\CCCC(=O)OC1C(OCC(COC(=O)CCCCCCC/C=C\C/C=C\CCC)OC(=O)CCCCCCC/C=C\CCCCCC)OC(C(=O)O)C(O)C1O. The standard InChI is InChI=1S/C61H98O12/c1-4-7-10-13-16-19-22-25-26-27-28-31-34-37-40-43-46-49-55(64)72-59-57(66)56(65)58(60(67)68)73-61(59)70-51-52(71-54(63)48-45-42-39-36-33-30-24-21-18-15-12-9-6-3)50-69-53(62)47-44-41-38-35-32-29-23-20-17-14-11-8-5-2/h7,10-11,14,16,19-21,23-26,28,31,37,40,52,56-59,61,65-66H,4-6,8-9,12-13,15,17-18,22,27,29-30,32-36,38-39,41-51H2,1-3H3,(H,67,68)/b10-7-,14-11-,19-16-,23-20-,24-21-,26-25-,31-28-,40-37-. The molecule has 12 heteroatoms. The second-order valence-corrected chi connectivity index (χ2v) is 18.8. The minimum atomic E-state index is -1.93. The molecule has 0 amide bonds. The van der Waals surface area contributed by atoms with Gasteiger partial charge in [-0.25, -0.2) is 4.79 Å². The Bertz CT molecular complexity index is 1640. The Morgan fingerprint density at radius 2 is 0.904 bits per heavy atom. The molecule has 73 heavy (non-hydrogen) atoms. The van der Waals surface area contributed by atoms with E-state index in [1.54, 1.807) is 0 Å². The number of hydrogen-bond acceptors (Lipinski definition) is 11. The van der Waals surface area contributed by atoms with Crippen molar-refractivity contribution < 1.29 is 58.2 Å². The summed E-state index contributed by atoms with van der Waals surface area (Å²) in [7, 11) is 0.